The first-order valence-corrected chi connectivity index (χ1v) is 3.51. The van der Waals surface area contributed by atoms with Crippen LogP contribution in [-0.2, 0) is 0 Å². The minimum Gasteiger partial charge on any atom is -0.384 e. The van der Waals surface area contributed by atoms with E-state index in [9.17, 15) is 0 Å². The molecule has 58 valence electrons. The van der Waals surface area contributed by atoms with Gasteiger partial charge in [-0.15, -0.1) is 6.42 Å². The van der Waals surface area contributed by atoms with Gasteiger partial charge in [0.1, 0.15) is 5.82 Å². The van der Waals surface area contributed by atoms with Gasteiger partial charge in [0.15, 0.2) is 0 Å². The van der Waals surface area contributed by atoms with Gasteiger partial charge < -0.3 is 5.73 Å². The maximum Gasteiger partial charge on any atom is 0.123 e. The zero-order valence-corrected chi connectivity index (χ0v) is 6.83. The van der Waals surface area contributed by atoms with Crippen molar-refractivity contribution in [3.63, 3.8) is 0 Å². The Balaban J connectivity index is 0.000000461. The van der Waals surface area contributed by atoms with Crippen molar-refractivity contribution in [3.8, 4) is 12.3 Å². The Morgan fingerprint density at radius 2 is 2.09 bits per heavy atom. The van der Waals surface area contributed by atoms with Gasteiger partial charge in [-0.3, -0.25) is 0 Å². The Labute approximate surface area is 67.5 Å². The van der Waals surface area contributed by atoms with E-state index in [4.69, 9.17) is 12.2 Å². The van der Waals surface area contributed by atoms with Crippen molar-refractivity contribution in [2.75, 3.05) is 5.73 Å². The van der Waals surface area contributed by atoms with E-state index in [0.717, 1.165) is 5.56 Å². The van der Waals surface area contributed by atoms with Crippen LogP contribution in [0.3, 0.4) is 0 Å². The number of rotatable bonds is 0. The van der Waals surface area contributed by atoms with Crippen LogP contribution < -0.4 is 5.73 Å². The summed E-state index contributed by atoms with van der Waals surface area (Å²) < 4.78 is 0. The average molecular weight is 148 g/mol. The van der Waals surface area contributed by atoms with Crippen molar-refractivity contribution >= 4 is 5.82 Å². The molecule has 0 fully saturated rings. The molecule has 0 spiro atoms. The summed E-state index contributed by atoms with van der Waals surface area (Å²) in [7, 11) is 0. The van der Waals surface area contributed by atoms with Crippen LogP contribution in [0.1, 0.15) is 19.4 Å². The lowest BCUT2D eigenvalue weighted by Crippen LogP contribution is -1.88. The van der Waals surface area contributed by atoms with Gasteiger partial charge in [0, 0.05) is 11.8 Å². The molecule has 2 heteroatoms. The Hall–Kier alpha value is -1.49. The van der Waals surface area contributed by atoms with Gasteiger partial charge in [0.05, 0.1) is 0 Å². The summed E-state index contributed by atoms with van der Waals surface area (Å²) >= 11 is 0. The summed E-state index contributed by atoms with van der Waals surface area (Å²) in [6.07, 6.45) is 6.63. The summed E-state index contributed by atoms with van der Waals surface area (Å²) in [6.45, 7) is 4.00. The minimum absolute atomic E-state index is 0.494. The molecule has 1 aromatic heterocycles. The van der Waals surface area contributed by atoms with Crippen LogP contribution in [-0.4, -0.2) is 4.98 Å². The molecule has 0 aliphatic rings. The van der Waals surface area contributed by atoms with Crippen molar-refractivity contribution < 1.29 is 0 Å². The number of hydrogen-bond donors (Lipinski definition) is 1. The average Bonchev–Trinajstić information content (AvgIpc) is 2.10. The molecule has 11 heavy (non-hydrogen) atoms. The normalized spacial score (nSPS) is 7.36. The molecule has 0 amide bonds. The third-order valence-corrected chi connectivity index (χ3v) is 0.953. The molecule has 0 saturated carbocycles. The van der Waals surface area contributed by atoms with Crippen LogP contribution in [0.2, 0.25) is 0 Å². The summed E-state index contributed by atoms with van der Waals surface area (Å²) in [5, 5.41) is 0. The fourth-order valence-electron chi connectivity index (χ4n) is 0.491. The first kappa shape index (κ1) is 9.51. The second kappa shape index (κ2) is 5.31. The van der Waals surface area contributed by atoms with E-state index in [0.29, 0.717) is 5.82 Å². The molecule has 0 bridgehead atoms. The standard InChI is InChI=1S/C7H6N2.C2H6/c1-2-6-3-4-7(8)9-5-6;1-2/h1,3-5H,(H2,8,9);1-2H3. The van der Waals surface area contributed by atoms with E-state index in [1.54, 1.807) is 18.3 Å². The Morgan fingerprint density at radius 3 is 2.45 bits per heavy atom. The smallest absolute Gasteiger partial charge is 0.123 e. The molecular formula is C9H12N2. The zero-order valence-electron chi connectivity index (χ0n) is 6.83. The summed E-state index contributed by atoms with van der Waals surface area (Å²) in [6, 6.07) is 3.43. The molecule has 2 N–H and O–H groups in total. The number of anilines is 1. The summed E-state index contributed by atoms with van der Waals surface area (Å²) in [5.41, 5.74) is 6.06. The molecule has 0 aromatic carbocycles. The highest BCUT2D eigenvalue weighted by atomic mass is 14.8. The lowest BCUT2D eigenvalue weighted by atomic mass is 10.3. The quantitative estimate of drug-likeness (QED) is 0.568. The number of terminal acetylenes is 1. The predicted octanol–water partition coefficient (Wildman–Crippen LogP) is 1.67. The van der Waals surface area contributed by atoms with E-state index >= 15 is 0 Å². The molecule has 2 nitrogen and oxygen atoms in total. The Morgan fingerprint density at radius 1 is 1.45 bits per heavy atom. The molecule has 0 radical (unpaired) electrons. The number of nitrogens with zero attached hydrogens (tertiary/aromatic N) is 1. The molecule has 0 aliphatic carbocycles. The van der Waals surface area contributed by atoms with Crippen LogP contribution >= 0.6 is 0 Å². The van der Waals surface area contributed by atoms with Crippen LogP contribution in [0.15, 0.2) is 18.3 Å². The third-order valence-electron chi connectivity index (χ3n) is 0.953. The van der Waals surface area contributed by atoms with Gasteiger partial charge in [-0.1, -0.05) is 19.8 Å². The van der Waals surface area contributed by atoms with Gasteiger partial charge in [-0.05, 0) is 12.1 Å². The highest BCUT2D eigenvalue weighted by molar-refractivity contribution is 5.36. The molecule has 1 rings (SSSR count). The largest absolute Gasteiger partial charge is 0.384 e. The van der Waals surface area contributed by atoms with E-state index in [2.05, 4.69) is 10.9 Å². The summed E-state index contributed by atoms with van der Waals surface area (Å²) in [5.74, 6) is 2.93. The van der Waals surface area contributed by atoms with Crippen LogP contribution in [0, 0.1) is 12.3 Å². The number of hydrogen-bond acceptors (Lipinski definition) is 2. The van der Waals surface area contributed by atoms with Crippen LogP contribution in [0.4, 0.5) is 5.82 Å². The van der Waals surface area contributed by atoms with E-state index < -0.39 is 0 Å². The molecular weight excluding hydrogens is 136 g/mol. The molecule has 1 aromatic rings. The third kappa shape index (κ3) is 3.27. The Bertz CT molecular complexity index is 231. The van der Waals surface area contributed by atoms with Crippen molar-refractivity contribution in [3.05, 3.63) is 23.9 Å². The molecule has 0 saturated heterocycles. The monoisotopic (exact) mass is 148 g/mol. The lowest BCUT2D eigenvalue weighted by Gasteiger charge is -1.89. The number of aromatic nitrogens is 1. The van der Waals surface area contributed by atoms with Gasteiger partial charge in [-0.2, -0.15) is 0 Å². The first-order valence-electron chi connectivity index (χ1n) is 3.51. The van der Waals surface area contributed by atoms with E-state index in [-0.39, 0.29) is 0 Å². The first-order chi connectivity index (χ1) is 5.33. The second-order valence-corrected chi connectivity index (χ2v) is 1.62. The molecule has 0 atom stereocenters. The predicted molar refractivity (Wildman–Crippen MR) is 47.9 cm³/mol. The minimum atomic E-state index is 0.494. The van der Waals surface area contributed by atoms with Crippen molar-refractivity contribution in [1.82, 2.24) is 4.98 Å². The van der Waals surface area contributed by atoms with Gasteiger partial charge in [-0.25, -0.2) is 4.98 Å². The molecule has 0 unspecified atom stereocenters. The van der Waals surface area contributed by atoms with Crippen molar-refractivity contribution in [2.45, 2.75) is 13.8 Å². The van der Waals surface area contributed by atoms with Crippen LogP contribution in [0.25, 0.3) is 0 Å². The number of pyridine rings is 1. The maximum absolute atomic E-state index is 5.30. The van der Waals surface area contributed by atoms with Gasteiger partial charge in [0.2, 0.25) is 0 Å². The molecule has 1 heterocycles. The van der Waals surface area contributed by atoms with E-state index in [1.807, 2.05) is 13.8 Å². The van der Waals surface area contributed by atoms with Gasteiger partial charge >= 0.3 is 0 Å². The maximum atomic E-state index is 5.30. The lowest BCUT2D eigenvalue weighted by molar-refractivity contribution is 1.32. The number of nitrogens with two attached hydrogens (primary N) is 1. The Kier molecular flexibility index (Phi) is 4.59. The highest BCUT2D eigenvalue weighted by Gasteiger charge is 1.84. The fraction of sp³-hybridized carbons (Fsp3) is 0.222. The van der Waals surface area contributed by atoms with Gasteiger partial charge in [0.25, 0.3) is 0 Å². The highest BCUT2D eigenvalue weighted by Crippen LogP contribution is 1.97. The van der Waals surface area contributed by atoms with E-state index in [1.165, 1.54) is 0 Å². The SMILES string of the molecule is C#Cc1ccc(N)nc1.CC. The number of nitrogen functional groups attached to an aromatic ring is 1. The van der Waals surface area contributed by atoms with Crippen molar-refractivity contribution in [2.24, 2.45) is 0 Å². The van der Waals surface area contributed by atoms with Crippen LogP contribution in [0.5, 0.6) is 0 Å². The summed E-state index contributed by atoms with van der Waals surface area (Å²) in [4.78, 5) is 3.79. The fourth-order valence-corrected chi connectivity index (χ4v) is 0.491. The second-order valence-electron chi connectivity index (χ2n) is 1.62. The topological polar surface area (TPSA) is 38.9 Å². The van der Waals surface area contributed by atoms with Crippen molar-refractivity contribution in [1.29, 1.82) is 0 Å². The zero-order chi connectivity index (χ0) is 8.69. The molecule has 0 aliphatic heterocycles.